The molecule has 2 aromatic rings. The number of nitrogens with zero attached hydrogens (tertiary/aromatic N) is 2. The topological polar surface area (TPSA) is 104 Å². The van der Waals surface area contributed by atoms with Crippen LogP contribution in [-0.2, 0) is 14.6 Å². The van der Waals surface area contributed by atoms with Crippen LogP contribution in [0.5, 0.6) is 0 Å². The summed E-state index contributed by atoms with van der Waals surface area (Å²) in [5.41, 5.74) is 0.735. The van der Waals surface area contributed by atoms with Gasteiger partial charge in [-0.3, -0.25) is 15.1 Å². The summed E-state index contributed by atoms with van der Waals surface area (Å²) < 4.78 is 28.7. The fraction of sp³-hybridized carbons (Fsp3) is 0.0625. The molecule has 0 saturated carbocycles. The van der Waals surface area contributed by atoms with Crippen LogP contribution in [-0.4, -0.2) is 31.6 Å². The molecule has 1 amide bonds. The molecule has 2 aliphatic rings. The molecule has 0 saturated heterocycles. The quantitative estimate of drug-likeness (QED) is 0.812. The molecular weight excluding hydrogens is 362 g/mol. The Morgan fingerprint density at radius 1 is 1.32 bits per heavy atom. The summed E-state index contributed by atoms with van der Waals surface area (Å²) in [6.45, 7) is 0. The number of rotatable bonds is 2. The minimum atomic E-state index is -3.34. The van der Waals surface area contributed by atoms with E-state index < -0.39 is 15.7 Å². The van der Waals surface area contributed by atoms with E-state index in [0.717, 1.165) is 6.26 Å². The summed E-state index contributed by atoms with van der Waals surface area (Å²) in [5.74, 6) is -0.104. The Bertz CT molecular complexity index is 1080. The summed E-state index contributed by atoms with van der Waals surface area (Å²) in [4.78, 5) is 18.7. The van der Waals surface area contributed by atoms with Crippen molar-refractivity contribution in [3.63, 3.8) is 0 Å². The molecule has 0 bridgehead atoms. The third kappa shape index (κ3) is 2.61. The van der Waals surface area contributed by atoms with Crippen LogP contribution in [0.3, 0.4) is 0 Å². The Morgan fingerprint density at radius 2 is 2.12 bits per heavy atom. The highest BCUT2D eigenvalue weighted by molar-refractivity contribution is 8.15. The number of fused-ring (bicyclic) bond motifs is 3. The number of hydrogen-bond acceptors (Lipinski definition) is 6. The molecular formula is C16H11N3O4S2. The van der Waals surface area contributed by atoms with Crippen molar-refractivity contribution in [3.8, 4) is 0 Å². The molecule has 9 heteroatoms. The molecule has 0 unspecified atom stereocenters. The Hall–Kier alpha value is -2.65. The highest BCUT2D eigenvalue weighted by Gasteiger charge is 2.38. The maximum atomic E-state index is 12.3. The predicted molar refractivity (Wildman–Crippen MR) is 94.7 cm³/mol. The second-order valence-corrected chi connectivity index (χ2v) is 8.49. The van der Waals surface area contributed by atoms with E-state index in [9.17, 15) is 13.2 Å². The second-order valence-electron chi connectivity index (χ2n) is 5.46. The van der Waals surface area contributed by atoms with Crippen LogP contribution in [0.2, 0.25) is 0 Å². The number of benzene rings is 1. The molecule has 126 valence electrons. The molecule has 3 heterocycles. The van der Waals surface area contributed by atoms with Gasteiger partial charge >= 0.3 is 0 Å². The zero-order valence-electron chi connectivity index (χ0n) is 12.9. The first-order valence-electron chi connectivity index (χ1n) is 7.14. The van der Waals surface area contributed by atoms with Gasteiger partial charge in [0, 0.05) is 11.2 Å². The number of amides is 1. The average molecular weight is 373 g/mol. The standard InChI is InChI=1S/C16H11N3O4S2/c1-25(21,22)10-4-5-12-13(8-10)24-16-18-15(20)11(14(17)19(12)16)7-9-3-2-6-23-9/h2-8,17H,1H3/b11-7+,17-14?. The molecule has 1 aromatic heterocycles. The second kappa shape index (κ2) is 5.43. The molecule has 0 radical (unpaired) electrons. The molecule has 1 aromatic carbocycles. The molecule has 4 rings (SSSR count). The van der Waals surface area contributed by atoms with Gasteiger partial charge in [0.25, 0.3) is 5.91 Å². The van der Waals surface area contributed by atoms with Crippen LogP contribution in [0.25, 0.3) is 6.08 Å². The van der Waals surface area contributed by atoms with Crippen LogP contribution in [0.1, 0.15) is 5.76 Å². The van der Waals surface area contributed by atoms with E-state index in [1.807, 2.05) is 0 Å². The first-order valence-corrected chi connectivity index (χ1v) is 9.84. The SMILES string of the molecule is CS(=O)(=O)c1ccc2c(c1)SC1=NC(=O)/C(=C/c3ccco3)C(=N)N12. The van der Waals surface area contributed by atoms with Crippen LogP contribution < -0.4 is 4.90 Å². The third-order valence-corrected chi connectivity index (χ3v) is 5.84. The highest BCUT2D eigenvalue weighted by atomic mass is 32.2. The van der Waals surface area contributed by atoms with Gasteiger partial charge < -0.3 is 4.42 Å². The molecule has 0 spiro atoms. The summed E-state index contributed by atoms with van der Waals surface area (Å²) in [5, 5.41) is 8.74. The van der Waals surface area contributed by atoms with Crippen LogP contribution in [0, 0.1) is 5.41 Å². The van der Waals surface area contributed by atoms with Crippen LogP contribution in [0.15, 0.2) is 61.4 Å². The lowest BCUT2D eigenvalue weighted by Crippen LogP contribution is -2.39. The van der Waals surface area contributed by atoms with Crippen molar-refractivity contribution >= 4 is 50.3 Å². The normalized spacial score (nSPS) is 18.4. The lowest BCUT2D eigenvalue weighted by atomic mass is 10.1. The average Bonchev–Trinajstić information content (AvgIpc) is 3.16. The summed E-state index contributed by atoms with van der Waals surface area (Å²) >= 11 is 1.17. The molecule has 0 atom stereocenters. The van der Waals surface area contributed by atoms with Gasteiger partial charge in [-0.2, -0.15) is 4.99 Å². The smallest absolute Gasteiger partial charge is 0.283 e. The first kappa shape index (κ1) is 15.9. The number of aliphatic imine (C=N–C) groups is 1. The van der Waals surface area contributed by atoms with Crippen molar-refractivity contribution < 1.29 is 17.6 Å². The number of amidine groups is 2. The predicted octanol–water partition coefficient (Wildman–Crippen LogP) is 2.55. The van der Waals surface area contributed by atoms with Gasteiger partial charge in [-0.1, -0.05) is 0 Å². The van der Waals surface area contributed by atoms with Gasteiger partial charge in [-0.05, 0) is 48.2 Å². The van der Waals surface area contributed by atoms with E-state index in [1.54, 1.807) is 18.2 Å². The maximum Gasteiger partial charge on any atom is 0.283 e. The summed E-state index contributed by atoms with van der Waals surface area (Å²) in [6.07, 6.45) is 4.08. The van der Waals surface area contributed by atoms with Crippen molar-refractivity contribution in [2.75, 3.05) is 11.2 Å². The molecule has 25 heavy (non-hydrogen) atoms. The third-order valence-electron chi connectivity index (χ3n) is 3.73. The van der Waals surface area contributed by atoms with Crippen molar-refractivity contribution in [1.82, 2.24) is 0 Å². The number of carbonyl (C=O) groups is 1. The minimum Gasteiger partial charge on any atom is -0.465 e. The molecule has 2 aliphatic heterocycles. The van der Waals surface area contributed by atoms with E-state index in [2.05, 4.69) is 4.99 Å². The van der Waals surface area contributed by atoms with Crippen molar-refractivity contribution in [2.45, 2.75) is 9.79 Å². The van der Waals surface area contributed by atoms with Crippen LogP contribution >= 0.6 is 11.8 Å². The fourth-order valence-electron chi connectivity index (χ4n) is 2.54. The summed E-state index contributed by atoms with van der Waals surface area (Å²) in [6, 6.07) is 8.00. The number of carbonyl (C=O) groups excluding carboxylic acids is 1. The van der Waals surface area contributed by atoms with Crippen molar-refractivity contribution in [3.05, 3.63) is 47.9 Å². The molecule has 7 nitrogen and oxygen atoms in total. The minimum absolute atomic E-state index is 0.0234. The lowest BCUT2D eigenvalue weighted by Gasteiger charge is -2.24. The van der Waals surface area contributed by atoms with E-state index in [0.29, 0.717) is 21.5 Å². The van der Waals surface area contributed by atoms with Gasteiger partial charge in [-0.15, -0.1) is 0 Å². The lowest BCUT2D eigenvalue weighted by molar-refractivity contribution is -0.113. The highest BCUT2D eigenvalue weighted by Crippen LogP contribution is 2.44. The molecule has 0 fully saturated rings. The van der Waals surface area contributed by atoms with E-state index in [-0.39, 0.29) is 16.3 Å². The maximum absolute atomic E-state index is 12.3. The van der Waals surface area contributed by atoms with Gasteiger partial charge in [-0.25, -0.2) is 8.42 Å². The largest absolute Gasteiger partial charge is 0.465 e. The first-order chi connectivity index (χ1) is 11.8. The molecule has 0 aliphatic carbocycles. The number of sulfone groups is 1. The molecule has 1 N–H and O–H groups in total. The number of hydrogen-bond donors (Lipinski definition) is 1. The Kier molecular flexibility index (Phi) is 3.44. The number of thioether (sulfide) groups is 1. The van der Waals surface area contributed by atoms with Crippen molar-refractivity contribution in [1.29, 1.82) is 5.41 Å². The number of nitrogens with one attached hydrogen (secondary N) is 1. The Balaban J connectivity index is 1.80. The Morgan fingerprint density at radius 3 is 2.80 bits per heavy atom. The fourth-order valence-corrected chi connectivity index (χ4v) is 4.32. The van der Waals surface area contributed by atoms with Gasteiger partial charge in [0.2, 0.25) is 0 Å². The van der Waals surface area contributed by atoms with E-state index in [4.69, 9.17) is 9.83 Å². The van der Waals surface area contributed by atoms with Crippen LogP contribution in [0.4, 0.5) is 5.69 Å². The zero-order chi connectivity index (χ0) is 17.8. The van der Waals surface area contributed by atoms with Gasteiger partial charge in [0.1, 0.15) is 11.6 Å². The number of furan rings is 1. The van der Waals surface area contributed by atoms with E-state index >= 15 is 0 Å². The monoisotopic (exact) mass is 373 g/mol. The Labute approximate surface area is 147 Å². The van der Waals surface area contributed by atoms with Crippen molar-refractivity contribution in [2.24, 2.45) is 4.99 Å². The van der Waals surface area contributed by atoms with Gasteiger partial charge in [0.15, 0.2) is 15.0 Å². The van der Waals surface area contributed by atoms with Gasteiger partial charge in [0.05, 0.1) is 22.4 Å². The van der Waals surface area contributed by atoms with E-state index in [1.165, 1.54) is 41.1 Å². The summed E-state index contributed by atoms with van der Waals surface area (Å²) in [7, 11) is -3.34. The number of anilines is 1. The zero-order valence-corrected chi connectivity index (χ0v) is 14.5.